The standard InChI is InChI=1S/C32H33AsFN7O2/c1-32(2,38-21-10-11-21)16-20(17-35)31(42)40-14-6-7-22(40)18-41-30-27(29(33)36-19-37-30)28(39-41)25-13-12-24(15-26(25)34)43-23-8-4-3-5-9-23/h3-5,8-9,12-13,15-16,19,21-22,38H,6-7,10-11,14,18,33H2,1-2H3. The third-order valence-electron chi connectivity index (χ3n) is 7.76. The van der Waals surface area contributed by atoms with Crippen LogP contribution in [0.15, 0.2) is 66.5 Å². The van der Waals surface area contributed by atoms with Gasteiger partial charge >= 0.3 is 240 Å². The summed E-state index contributed by atoms with van der Waals surface area (Å²) in [5, 5.41) is 18.9. The number of halogens is 1. The van der Waals surface area contributed by atoms with Crippen LogP contribution in [0.3, 0.4) is 0 Å². The van der Waals surface area contributed by atoms with E-state index in [4.69, 9.17) is 9.84 Å². The van der Waals surface area contributed by atoms with Crippen molar-refractivity contribution in [3.05, 3.63) is 72.3 Å². The van der Waals surface area contributed by atoms with Gasteiger partial charge in [-0.15, -0.1) is 0 Å². The van der Waals surface area contributed by atoms with Gasteiger partial charge in [-0.3, -0.25) is 0 Å². The average Bonchev–Trinajstić information content (AvgIpc) is 3.52. The number of fused-ring (bicyclic) bond motifs is 1. The Morgan fingerprint density at radius 3 is 2.70 bits per heavy atom. The van der Waals surface area contributed by atoms with E-state index in [0.717, 1.165) is 30.2 Å². The Bertz CT molecular complexity index is 1740. The minimum atomic E-state index is -0.473. The van der Waals surface area contributed by atoms with Crippen molar-refractivity contribution in [2.45, 2.75) is 63.7 Å². The van der Waals surface area contributed by atoms with Crippen LogP contribution < -0.4 is 14.5 Å². The number of benzene rings is 2. The molecule has 1 saturated heterocycles. The van der Waals surface area contributed by atoms with Crippen molar-refractivity contribution < 1.29 is 13.9 Å². The van der Waals surface area contributed by atoms with Gasteiger partial charge in [-0.25, -0.2) is 0 Å². The number of hydrogen-bond donors (Lipinski definition) is 1. The molecule has 1 N–H and O–H groups in total. The molecule has 1 aliphatic carbocycles. The summed E-state index contributed by atoms with van der Waals surface area (Å²) in [6, 6.07) is 16.3. The van der Waals surface area contributed by atoms with E-state index in [2.05, 4.69) is 21.4 Å². The summed E-state index contributed by atoms with van der Waals surface area (Å²) >= 11 is 1.29. The Labute approximate surface area is 258 Å². The number of nitrogens with one attached hydrogen (secondary N) is 1. The fourth-order valence-corrected chi connectivity index (χ4v) is 6.37. The number of nitriles is 1. The van der Waals surface area contributed by atoms with E-state index < -0.39 is 11.4 Å². The molecule has 0 bridgehead atoms. The molecule has 1 amide bonds. The quantitative estimate of drug-likeness (QED) is 0.169. The molecule has 2 aromatic heterocycles. The molecular formula is C32H33AsFN7O2. The topological polar surface area (TPSA) is 109 Å². The Morgan fingerprint density at radius 1 is 1.19 bits per heavy atom. The molecule has 2 aromatic carbocycles. The van der Waals surface area contributed by atoms with Crippen molar-refractivity contribution in [2.75, 3.05) is 6.54 Å². The van der Waals surface area contributed by atoms with Crippen LogP contribution in [0.2, 0.25) is 0 Å². The number of amides is 1. The van der Waals surface area contributed by atoms with Gasteiger partial charge in [-0.1, -0.05) is 0 Å². The molecule has 0 spiro atoms. The molecule has 3 heterocycles. The van der Waals surface area contributed by atoms with Crippen molar-refractivity contribution in [3.8, 4) is 28.8 Å². The predicted molar refractivity (Wildman–Crippen MR) is 164 cm³/mol. The molecule has 6 rings (SSSR count). The van der Waals surface area contributed by atoms with Crippen molar-refractivity contribution >= 4 is 38.3 Å². The van der Waals surface area contributed by atoms with Crippen molar-refractivity contribution in [2.24, 2.45) is 0 Å². The summed E-state index contributed by atoms with van der Waals surface area (Å²) in [5.74, 6) is 0.246. The van der Waals surface area contributed by atoms with Gasteiger partial charge in [0.05, 0.1) is 0 Å². The van der Waals surface area contributed by atoms with E-state index in [1.54, 1.807) is 27.8 Å². The molecule has 43 heavy (non-hydrogen) atoms. The minimum absolute atomic E-state index is 0.136. The first-order chi connectivity index (χ1) is 20.7. The third-order valence-corrected chi connectivity index (χ3v) is 8.68. The van der Waals surface area contributed by atoms with E-state index >= 15 is 4.39 Å². The zero-order valence-corrected chi connectivity index (χ0v) is 26.5. The second-order valence-corrected chi connectivity index (χ2v) is 12.8. The minimum Gasteiger partial charge on any atom is -0.0363 e. The average molecular weight is 642 g/mol. The van der Waals surface area contributed by atoms with Crippen LogP contribution in [-0.2, 0) is 11.3 Å². The molecule has 1 saturated carbocycles. The molecule has 2 fully saturated rings. The Hall–Kier alpha value is -4.06. The smallest absolute Gasteiger partial charge is 0.0363 e. The zero-order chi connectivity index (χ0) is 30.1. The van der Waals surface area contributed by atoms with E-state index in [0.29, 0.717) is 52.9 Å². The molecule has 11 heteroatoms. The zero-order valence-electron chi connectivity index (χ0n) is 24.1. The Morgan fingerprint density at radius 2 is 1.98 bits per heavy atom. The Balaban J connectivity index is 1.28. The fourth-order valence-electron chi connectivity index (χ4n) is 5.67. The molecular weight excluding hydrogens is 608 g/mol. The maximum atomic E-state index is 15.6. The first kappa shape index (κ1) is 29.0. The molecule has 2 unspecified atom stereocenters. The number of aromatic nitrogens is 4. The number of carbonyl (C=O) groups excluding carboxylic acids is 1. The number of ether oxygens (including phenoxy) is 1. The van der Waals surface area contributed by atoms with E-state index in [9.17, 15) is 10.1 Å². The van der Waals surface area contributed by atoms with E-state index in [-0.39, 0.29) is 17.5 Å². The van der Waals surface area contributed by atoms with Gasteiger partial charge in [-0.2, -0.15) is 0 Å². The number of rotatable bonds is 9. The number of para-hydroxylation sites is 1. The van der Waals surface area contributed by atoms with E-state index in [1.807, 2.05) is 44.2 Å². The molecule has 1 aliphatic heterocycles. The molecule has 2 atom stereocenters. The van der Waals surface area contributed by atoms with Gasteiger partial charge in [-0.05, 0) is 12.8 Å². The third kappa shape index (κ3) is 6.34. The van der Waals surface area contributed by atoms with Gasteiger partial charge in [0.1, 0.15) is 0 Å². The number of carbonyl (C=O) groups is 1. The summed E-state index contributed by atoms with van der Waals surface area (Å²) < 4.78 is 23.9. The van der Waals surface area contributed by atoms with Gasteiger partial charge in [0, 0.05) is 6.04 Å². The molecule has 0 radical (unpaired) electrons. The Kier molecular flexibility index (Phi) is 8.04. The van der Waals surface area contributed by atoms with Crippen molar-refractivity contribution in [1.29, 1.82) is 5.26 Å². The molecule has 9 nitrogen and oxygen atoms in total. The van der Waals surface area contributed by atoms with Crippen LogP contribution in [-0.4, -0.2) is 71.6 Å². The number of likely N-dealkylation sites (tertiary alicyclic amines) is 1. The van der Waals surface area contributed by atoms with Gasteiger partial charge in [0.2, 0.25) is 0 Å². The van der Waals surface area contributed by atoms with Gasteiger partial charge < -0.3 is 0 Å². The maximum absolute atomic E-state index is 15.6. The van der Waals surface area contributed by atoms with Crippen LogP contribution in [0.25, 0.3) is 22.3 Å². The van der Waals surface area contributed by atoms with Crippen LogP contribution in [0, 0.1) is 17.1 Å². The van der Waals surface area contributed by atoms with Gasteiger partial charge in [0.15, 0.2) is 0 Å². The fraction of sp³-hybridized carbons (Fsp3) is 0.344. The molecule has 220 valence electrons. The number of nitrogens with zero attached hydrogens (tertiary/aromatic N) is 6. The monoisotopic (exact) mass is 641 g/mol. The summed E-state index contributed by atoms with van der Waals surface area (Å²) in [5.41, 5.74) is 1.01. The number of hydrogen-bond acceptors (Lipinski definition) is 7. The van der Waals surface area contributed by atoms with Crippen LogP contribution in [0.1, 0.15) is 39.5 Å². The molecule has 4 aromatic rings. The van der Waals surface area contributed by atoms with Gasteiger partial charge in [0.25, 0.3) is 0 Å². The second-order valence-electron chi connectivity index (χ2n) is 11.6. The second kappa shape index (κ2) is 11.9. The van der Waals surface area contributed by atoms with Crippen molar-refractivity contribution in [3.63, 3.8) is 0 Å². The van der Waals surface area contributed by atoms with Crippen LogP contribution in [0.4, 0.5) is 4.39 Å². The van der Waals surface area contributed by atoms with Crippen LogP contribution >= 0.6 is 0 Å². The summed E-state index contributed by atoms with van der Waals surface area (Å²) in [6.07, 6.45) is 7.04. The normalized spacial score (nSPS) is 17.3. The SMILES string of the molecule is CC(C)(C=C(C#N)C(=O)N1CCCC1Cn1nc(-c2ccc(Oc3ccccc3)cc2F)c2c([AsH2])ncnc21)NC1CC1. The first-order valence-electron chi connectivity index (χ1n) is 14.4. The predicted octanol–water partition coefficient (Wildman–Crippen LogP) is 3.65. The summed E-state index contributed by atoms with van der Waals surface area (Å²) in [4.78, 5) is 24.3. The van der Waals surface area contributed by atoms with Crippen molar-refractivity contribution in [1.82, 2.24) is 30.0 Å². The summed E-state index contributed by atoms with van der Waals surface area (Å²) in [6.45, 7) is 4.89. The first-order valence-corrected chi connectivity index (χ1v) is 15.6. The van der Waals surface area contributed by atoms with E-state index in [1.165, 1.54) is 29.2 Å². The summed E-state index contributed by atoms with van der Waals surface area (Å²) in [7, 11) is 0. The molecule has 2 aliphatic rings. The van der Waals surface area contributed by atoms with Crippen LogP contribution in [0.5, 0.6) is 11.5 Å².